The van der Waals surface area contributed by atoms with Gasteiger partial charge in [-0.2, -0.15) is 0 Å². The number of hydrogen-bond donors (Lipinski definition) is 11. The molecule has 0 aliphatic carbocycles. The van der Waals surface area contributed by atoms with Gasteiger partial charge in [0.15, 0.2) is 25.2 Å². The average molecular weight is 2120 g/mol. The molecular weight excluding hydrogens is 1950 g/mol. The van der Waals surface area contributed by atoms with Crippen LogP contribution in [0.25, 0.3) is 0 Å². The summed E-state index contributed by atoms with van der Waals surface area (Å²) in [5.41, 5.74) is -5.40. The molecule has 2 amide bonds. The molecule has 6 saturated heterocycles. The maximum atomic E-state index is 14.8. The van der Waals surface area contributed by atoms with Crippen LogP contribution in [0.1, 0.15) is 239 Å². The Labute approximate surface area is 880 Å². The van der Waals surface area contributed by atoms with Crippen molar-refractivity contribution in [1.29, 1.82) is 0 Å². The third kappa shape index (κ3) is 29.6. The fourth-order valence-electron chi connectivity index (χ4n) is 23.1. The lowest BCUT2D eigenvalue weighted by Gasteiger charge is -2.49. The fourth-order valence-corrected chi connectivity index (χ4v) is 23.1. The number of carbonyl (C=O) groups is 4. The van der Waals surface area contributed by atoms with Crippen LogP contribution >= 0.6 is 0 Å². The molecule has 842 valence electrons. The summed E-state index contributed by atoms with van der Waals surface area (Å²) in [6.45, 7) is 37.4. The van der Waals surface area contributed by atoms with Crippen LogP contribution in [-0.2, 0) is 105 Å². The summed E-state index contributed by atoms with van der Waals surface area (Å²) >= 11 is 0. The highest BCUT2D eigenvalue weighted by atomic mass is 16.7. The van der Waals surface area contributed by atoms with Gasteiger partial charge in [-0.15, -0.1) is 10.2 Å². The zero-order chi connectivity index (χ0) is 111. The van der Waals surface area contributed by atoms with Crippen LogP contribution in [0.3, 0.4) is 0 Å². The van der Waals surface area contributed by atoms with Gasteiger partial charge in [0, 0.05) is 158 Å². The first-order valence-corrected chi connectivity index (χ1v) is 53.2. The van der Waals surface area contributed by atoms with E-state index < -0.39 is 232 Å². The summed E-state index contributed by atoms with van der Waals surface area (Å²) in [5.74, 6) is -6.85. The van der Waals surface area contributed by atoms with Crippen molar-refractivity contribution in [3.8, 4) is 0 Å². The number of nitrogens with one attached hydrogen (secondary N) is 1. The van der Waals surface area contributed by atoms with Gasteiger partial charge in [-0.05, 0) is 210 Å². The van der Waals surface area contributed by atoms with Crippen molar-refractivity contribution in [2.45, 2.75) is 416 Å². The summed E-state index contributed by atoms with van der Waals surface area (Å²) in [4.78, 5) is 84.4. The number of ether oxygens (including phenoxy) is 12. The van der Waals surface area contributed by atoms with Crippen molar-refractivity contribution in [1.82, 2.24) is 54.9 Å². The number of aromatic nitrogens is 6. The molecule has 0 radical (unpaired) electrons. The number of fused-ring (bicyclic) bond motifs is 1. The van der Waals surface area contributed by atoms with Gasteiger partial charge < -0.3 is 123 Å². The molecule has 7 aliphatic heterocycles. The molecule has 0 spiro atoms. The van der Waals surface area contributed by atoms with Crippen LogP contribution < -0.4 is 5.32 Å². The number of non-ortho nitro benzene ring substituents is 2. The van der Waals surface area contributed by atoms with Gasteiger partial charge in [0.05, 0.1) is 115 Å². The first kappa shape index (κ1) is 122. The monoisotopic (exact) mass is 2120 g/mol. The van der Waals surface area contributed by atoms with Crippen molar-refractivity contribution in [3.63, 3.8) is 0 Å². The van der Waals surface area contributed by atoms with E-state index in [1.807, 2.05) is 68.9 Å². The second-order valence-corrected chi connectivity index (χ2v) is 44.9. The third-order valence-corrected chi connectivity index (χ3v) is 32.4. The Morgan fingerprint density at radius 2 is 0.893 bits per heavy atom. The number of nitro benzene ring substituents is 2. The molecular formula is C107H169N13O30. The molecule has 0 saturated carbocycles. The largest absolute Gasteiger partial charge is 0.459 e. The summed E-state index contributed by atoms with van der Waals surface area (Å²) in [5, 5.41) is 163. The van der Waals surface area contributed by atoms with Crippen molar-refractivity contribution < 1.29 is 137 Å². The number of nitro groups is 2. The highest BCUT2D eigenvalue weighted by Gasteiger charge is 2.57. The van der Waals surface area contributed by atoms with E-state index in [0.29, 0.717) is 88.8 Å². The number of esters is 2. The Balaban J connectivity index is 0.000000290. The molecule has 0 unspecified atom stereocenters. The van der Waals surface area contributed by atoms with Crippen LogP contribution in [0.2, 0.25) is 0 Å². The Bertz CT molecular complexity index is 5140. The lowest BCUT2D eigenvalue weighted by atomic mass is 9.77. The van der Waals surface area contributed by atoms with Gasteiger partial charge in [-0.25, -0.2) is 0 Å². The van der Waals surface area contributed by atoms with Gasteiger partial charge >= 0.3 is 11.9 Å². The minimum atomic E-state index is -2.00. The lowest BCUT2D eigenvalue weighted by molar-refractivity contribution is -0.385. The Morgan fingerprint density at radius 3 is 1.28 bits per heavy atom. The maximum Gasteiger partial charge on any atom is 0.311 e. The molecule has 5 aromatic rings. The number of rotatable bonds is 32. The van der Waals surface area contributed by atoms with E-state index in [2.05, 4.69) is 25.9 Å². The molecule has 36 atom stereocenters. The quantitative estimate of drug-likeness (QED) is 0.00875. The first-order chi connectivity index (χ1) is 70.4. The summed E-state index contributed by atoms with van der Waals surface area (Å²) in [6, 6.07) is 17.1. The minimum absolute atomic E-state index is 0.0223. The van der Waals surface area contributed by atoms with E-state index >= 15 is 0 Å². The van der Waals surface area contributed by atoms with Gasteiger partial charge in [0.2, 0.25) is 0 Å². The van der Waals surface area contributed by atoms with E-state index in [1.165, 1.54) is 57.2 Å². The van der Waals surface area contributed by atoms with E-state index in [4.69, 9.17) is 56.8 Å². The van der Waals surface area contributed by atoms with Crippen molar-refractivity contribution in [2.75, 3.05) is 67.6 Å². The fraction of sp³-hybridized carbons (Fsp3) is 0.757. The highest BCUT2D eigenvalue weighted by molar-refractivity contribution is 6.21. The van der Waals surface area contributed by atoms with Crippen molar-refractivity contribution in [3.05, 3.63) is 139 Å². The number of methoxy groups -OCH3 is 2. The Morgan fingerprint density at radius 1 is 0.500 bits per heavy atom. The third-order valence-electron chi connectivity index (χ3n) is 32.4. The number of aliphatic hydroxyl groups excluding tert-OH is 6. The molecule has 3 aromatic carbocycles. The number of benzene rings is 3. The number of hydrogen-bond acceptors (Lipinski definition) is 38. The van der Waals surface area contributed by atoms with Crippen LogP contribution in [0.4, 0.5) is 11.4 Å². The standard InChI is InChI=1S/C59H89N7O16.C48H80N6O14/c1-13-46-59(10,74)50(68)38(6)63(25-16-26-65-53(70)43-17-14-15-18-44(43)54(65)71)32-34(2)30-57(8,73)52(36(4)49(37(5)55(72)80-46)81-47-31-58(9,77-12)51(69)39(7)79-47)82-56-48(67)45(29-35(3)78-56)62(11)27-24-41-33-64(61-60-41)28-23-40-19-21-42(22-20-40)66(75)76;1-13-37-48(10,60)41(56)31(6)49-25-27(2)23-46(8,59)43(29(4)40(30(5)44(58)66-37)67-38-24-47(9,63-12)42(57)32(7)65-38)68-45-39(55)36(22-28(3)64-45)52(11)20-19-34-26-53(51-50-34)21-18-33-14-16-35(17-15-33)54(61)62/h14-15,17-22,33-39,45-52,56,67-69,73-74H,13,16,23-32H2,1-12H3;14-17,26-32,36-43,45,49,55-57,59-60H,13,18-25H2,1-12H3/t34-,35-,36+,37-,38-,39+,45+,46-,47+,48-,49+,50-,51+,52-,56+,57-,58-,59-;27-,28-,29+,30-,31-,32+,36+,37-,38+,39-,40+,41-,42+,43-,45+,46-,47-,48-/m11/s1. The van der Waals surface area contributed by atoms with Crippen LogP contribution in [0.15, 0.2) is 85.2 Å². The van der Waals surface area contributed by atoms with Crippen LogP contribution in [0.5, 0.6) is 0 Å². The lowest BCUT2D eigenvalue weighted by Crippen LogP contribution is -2.61. The van der Waals surface area contributed by atoms with E-state index in [9.17, 15) is 90.5 Å². The molecule has 12 rings (SSSR count). The molecule has 9 heterocycles. The average Bonchev–Trinajstić information content (AvgIpc) is 1.74. The molecule has 0 bridgehead atoms. The Hall–Kier alpha value is -8.14. The van der Waals surface area contributed by atoms with Gasteiger partial charge in [0.1, 0.15) is 60.0 Å². The predicted molar refractivity (Wildman–Crippen MR) is 548 cm³/mol. The minimum Gasteiger partial charge on any atom is -0.459 e. The highest BCUT2D eigenvalue weighted by Crippen LogP contribution is 2.45. The number of cyclic esters (lactones) is 2. The summed E-state index contributed by atoms with van der Waals surface area (Å²) in [7, 11) is 6.78. The van der Waals surface area contributed by atoms with Crippen LogP contribution in [0, 0.1) is 55.7 Å². The van der Waals surface area contributed by atoms with Gasteiger partial charge in [0.25, 0.3) is 23.2 Å². The zero-order valence-electron chi connectivity index (χ0n) is 91.8. The van der Waals surface area contributed by atoms with E-state index in [-0.39, 0.29) is 87.5 Å². The summed E-state index contributed by atoms with van der Waals surface area (Å²) < 4.78 is 80.1. The number of nitrogens with zero attached hydrogens (tertiary/aromatic N) is 12. The number of carbonyl (C=O) groups excluding carboxylic acids is 4. The number of imide groups is 1. The van der Waals surface area contributed by atoms with E-state index in [1.54, 1.807) is 155 Å². The number of amides is 2. The van der Waals surface area contributed by atoms with Crippen molar-refractivity contribution >= 4 is 35.1 Å². The molecule has 43 heteroatoms. The maximum absolute atomic E-state index is 14.8. The topological polar surface area (TPSA) is 554 Å². The second kappa shape index (κ2) is 52.1. The van der Waals surface area contributed by atoms with Gasteiger partial charge in [-0.1, -0.05) is 88.4 Å². The molecule has 2 aromatic heterocycles. The number of likely N-dealkylation sites (N-methyl/N-ethyl adjacent to an activating group) is 2. The zero-order valence-corrected chi connectivity index (χ0v) is 91.8. The molecule has 150 heavy (non-hydrogen) atoms. The normalized spacial score (nSPS) is 38.2. The molecule has 7 aliphatic rings. The second-order valence-electron chi connectivity index (χ2n) is 44.9. The first-order valence-electron chi connectivity index (χ1n) is 53.2. The summed E-state index contributed by atoms with van der Waals surface area (Å²) in [6.07, 6.45) is -13.3. The van der Waals surface area contributed by atoms with Crippen molar-refractivity contribution in [2.24, 2.45) is 35.5 Å². The molecule has 6 fully saturated rings. The number of aliphatic hydroxyl groups is 10. The van der Waals surface area contributed by atoms with E-state index in [0.717, 1.165) is 22.5 Å². The van der Waals surface area contributed by atoms with Gasteiger partial charge in [-0.3, -0.25) is 58.6 Å². The smallest absolute Gasteiger partial charge is 0.311 e. The molecule has 43 nitrogen and oxygen atoms in total. The number of aryl methyl sites for hydroxylation is 4. The Kier molecular flexibility index (Phi) is 42.4. The molecule has 11 N–H and O–H groups in total. The SMILES string of the molecule is CC[C@H]1OC(=O)[C@H](C)[C@@H](O[C@H]2C[C@@](C)(OC)[C@@H](O)[C@H](C)O2)[C@H](C)[C@@H](O[C@@H]2O[C@H](C)C[C@H](N(C)CCc3cn(CCc4ccc([N+](=O)[O-])cc4)nn3)[C@H]2O)[C@](C)(O)C[C@@H](C)CN(CCCN2C(=O)c3ccccc3C2=O)[C@H](C)[C@@H](O)[C@]1(C)O.CC[C@H]1OC(=O)[C@H](C)[C@@H](O[C@H]2C[C@@](C)(OC)[C@@H](O)[C@H](C)O2)[C@H](C)[C@@H](O[C@@H]2O[C@H](C)C[C@H](N(C)CCc3cn(CCc4ccc([N+](=O)[O-])cc4)nn3)[C@H]2O)[C@](C)(O)C[C@@H](C)CN[C@H](C)[C@@H](O)[C@]1(C)O. The van der Waals surface area contributed by atoms with Crippen LogP contribution in [-0.4, -0.2) is 382 Å². The predicted octanol–water partition coefficient (Wildman–Crippen LogP) is 7.23.